The van der Waals surface area contributed by atoms with Crippen molar-refractivity contribution in [2.45, 2.75) is 25.3 Å². The standard InChI is InChI=1S/C24H23N5O4/c1-31-9-10-32-20-4-2-3-16(11-20)14-29-15-18(7-8-21(29)30)23-27-24(33-28-23)19-12-25-22(26-13-19)17-5-6-17/h2-4,7-8,11-13,15,17H,5-6,9-10,14H2,1H3. The molecular weight excluding hydrogens is 422 g/mol. The fourth-order valence-electron chi connectivity index (χ4n) is 3.42. The van der Waals surface area contributed by atoms with Gasteiger partial charge in [0.25, 0.3) is 11.4 Å². The summed E-state index contributed by atoms with van der Waals surface area (Å²) < 4.78 is 17.7. The molecule has 0 unspecified atom stereocenters. The van der Waals surface area contributed by atoms with Crippen LogP contribution in [0.4, 0.5) is 0 Å². The Balaban J connectivity index is 1.34. The van der Waals surface area contributed by atoms with Crippen molar-refractivity contribution >= 4 is 0 Å². The summed E-state index contributed by atoms with van der Waals surface area (Å²) in [5.74, 6) is 2.80. The Morgan fingerprint density at radius 2 is 1.94 bits per heavy atom. The van der Waals surface area contributed by atoms with Crippen molar-refractivity contribution in [2.75, 3.05) is 20.3 Å². The predicted molar refractivity (Wildman–Crippen MR) is 120 cm³/mol. The maximum atomic E-state index is 12.5. The van der Waals surface area contributed by atoms with Crippen molar-refractivity contribution in [3.8, 4) is 28.6 Å². The molecule has 0 radical (unpaired) electrons. The van der Waals surface area contributed by atoms with Gasteiger partial charge in [-0.2, -0.15) is 4.98 Å². The summed E-state index contributed by atoms with van der Waals surface area (Å²) in [4.78, 5) is 25.7. The van der Waals surface area contributed by atoms with Crippen LogP contribution in [0.15, 0.2) is 64.3 Å². The third-order valence-electron chi connectivity index (χ3n) is 5.34. The van der Waals surface area contributed by atoms with Crippen LogP contribution >= 0.6 is 0 Å². The summed E-state index contributed by atoms with van der Waals surface area (Å²) in [6.07, 6.45) is 7.43. The summed E-state index contributed by atoms with van der Waals surface area (Å²) in [5, 5.41) is 4.08. The molecule has 4 aromatic rings. The van der Waals surface area contributed by atoms with E-state index in [-0.39, 0.29) is 5.56 Å². The monoisotopic (exact) mass is 445 g/mol. The Kier molecular flexibility index (Phi) is 5.95. The lowest BCUT2D eigenvalue weighted by Crippen LogP contribution is -2.19. The van der Waals surface area contributed by atoms with Gasteiger partial charge >= 0.3 is 0 Å². The van der Waals surface area contributed by atoms with Crippen molar-refractivity contribution in [2.24, 2.45) is 0 Å². The molecule has 0 aliphatic heterocycles. The van der Waals surface area contributed by atoms with Gasteiger partial charge in [0.15, 0.2) is 0 Å². The first-order chi connectivity index (χ1) is 16.2. The smallest absolute Gasteiger partial charge is 0.261 e. The summed E-state index contributed by atoms with van der Waals surface area (Å²) >= 11 is 0. The number of benzene rings is 1. The number of methoxy groups -OCH3 is 1. The molecule has 9 heteroatoms. The van der Waals surface area contributed by atoms with E-state index >= 15 is 0 Å². The number of ether oxygens (including phenoxy) is 2. The van der Waals surface area contributed by atoms with Gasteiger partial charge in [-0.05, 0) is 36.6 Å². The van der Waals surface area contributed by atoms with Gasteiger partial charge in [-0.25, -0.2) is 9.97 Å². The van der Waals surface area contributed by atoms with Crippen LogP contribution < -0.4 is 10.3 Å². The molecule has 0 atom stereocenters. The average molecular weight is 445 g/mol. The first kappa shape index (κ1) is 21.0. The summed E-state index contributed by atoms with van der Waals surface area (Å²) in [7, 11) is 1.63. The zero-order chi connectivity index (χ0) is 22.6. The van der Waals surface area contributed by atoms with Crippen molar-refractivity contribution in [1.82, 2.24) is 24.7 Å². The molecule has 0 spiro atoms. The molecule has 3 aromatic heterocycles. The predicted octanol–water partition coefficient (Wildman–Crippen LogP) is 3.31. The average Bonchev–Trinajstić information content (AvgIpc) is 3.57. The van der Waals surface area contributed by atoms with E-state index in [2.05, 4.69) is 20.1 Å². The Hall–Kier alpha value is -3.85. The number of hydrogen-bond donors (Lipinski definition) is 0. The lowest BCUT2D eigenvalue weighted by atomic mass is 10.2. The lowest BCUT2D eigenvalue weighted by Gasteiger charge is -2.10. The topological polar surface area (TPSA) is 105 Å². The molecule has 1 aliphatic rings. The van der Waals surface area contributed by atoms with Crippen LogP contribution in [0.1, 0.15) is 30.1 Å². The van der Waals surface area contributed by atoms with E-state index in [9.17, 15) is 4.79 Å². The fraction of sp³-hybridized carbons (Fsp3) is 0.292. The minimum atomic E-state index is -0.128. The van der Waals surface area contributed by atoms with Crippen LogP contribution in [-0.4, -0.2) is 45.0 Å². The number of rotatable bonds is 9. The normalized spacial score (nSPS) is 13.2. The van der Waals surface area contributed by atoms with Crippen molar-refractivity contribution in [3.63, 3.8) is 0 Å². The molecule has 3 heterocycles. The molecule has 9 nitrogen and oxygen atoms in total. The van der Waals surface area contributed by atoms with Crippen LogP contribution in [0, 0.1) is 0 Å². The zero-order valence-corrected chi connectivity index (χ0v) is 18.2. The summed E-state index contributed by atoms with van der Waals surface area (Å²) in [6.45, 7) is 1.36. The molecule has 1 aromatic carbocycles. The highest BCUT2D eigenvalue weighted by atomic mass is 16.5. The molecule has 0 amide bonds. The van der Waals surface area contributed by atoms with Crippen LogP contribution in [0.2, 0.25) is 0 Å². The molecule has 1 saturated carbocycles. The number of pyridine rings is 1. The molecular formula is C24H23N5O4. The highest BCUT2D eigenvalue weighted by Gasteiger charge is 2.26. The van der Waals surface area contributed by atoms with Crippen LogP contribution in [-0.2, 0) is 11.3 Å². The van der Waals surface area contributed by atoms with Gasteiger partial charge in [-0.15, -0.1) is 0 Å². The Morgan fingerprint density at radius 1 is 1.09 bits per heavy atom. The first-order valence-corrected chi connectivity index (χ1v) is 10.8. The molecule has 1 fully saturated rings. The Bertz CT molecular complexity index is 1290. The number of nitrogens with zero attached hydrogens (tertiary/aromatic N) is 5. The molecule has 0 N–H and O–H groups in total. The van der Waals surface area contributed by atoms with Gasteiger partial charge in [0, 0.05) is 43.2 Å². The maximum absolute atomic E-state index is 12.5. The van der Waals surface area contributed by atoms with E-state index in [1.807, 2.05) is 24.3 Å². The van der Waals surface area contributed by atoms with Crippen molar-refractivity contribution in [1.29, 1.82) is 0 Å². The van der Waals surface area contributed by atoms with Gasteiger partial charge in [0.2, 0.25) is 5.82 Å². The quantitative estimate of drug-likeness (QED) is 0.361. The summed E-state index contributed by atoms with van der Waals surface area (Å²) in [5.41, 5.74) is 2.15. The Morgan fingerprint density at radius 3 is 2.73 bits per heavy atom. The van der Waals surface area contributed by atoms with E-state index in [0.29, 0.717) is 48.5 Å². The molecule has 168 valence electrons. The van der Waals surface area contributed by atoms with Crippen LogP contribution in [0.25, 0.3) is 22.8 Å². The van der Waals surface area contributed by atoms with Gasteiger partial charge < -0.3 is 18.6 Å². The highest BCUT2D eigenvalue weighted by Crippen LogP contribution is 2.37. The molecule has 0 bridgehead atoms. The van der Waals surface area contributed by atoms with E-state index in [1.54, 1.807) is 36.3 Å². The molecule has 0 saturated heterocycles. The first-order valence-electron chi connectivity index (χ1n) is 10.8. The second kappa shape index (κ2) is 9.33. The van der Waals surface area contributed by atoms with E-state index < -0.39 is 0 Å². The van der Waals surface area contributed by atoms with Crippen molar-refractivity contribution < 1.29 is 14.0 Å². The SMILES string of the molecule is COCCOc1cccc(Cn2cc(-c3noc(-c4cnc(C5CC5)nc4)n3)ccc2=O)c1. The van der Waals surface area contributed by atoms with E-state index in [1.165, 1.54) is 6.07 Å². The van der Waals surface area contributed by atoms with E-state index in [4.69, 9.17) is 14.0 Å². The van der Waals surface area contributed by atoms with Crippen LogP contribution in [0.5, 0.6) is 5.75 Å². The minimum Gasteiger partial charge on any atom is -0.491 e. The Labute approximate surface area is 190 Å². The number of aromatic nitrogens is 5. The highest BCUT2D eigenvalue weighted by molar-refractivity contribution is 5.57. The van der Waals surface area contributed by atoms with Gasteiger partial charge in [0.1, 0.15) is 18.2 Å². The molecule has 1 aliphatic carbocycles. The lowest BCUT2D eigenvalue weighted by molar-refractivity contribution is 0.146. The minimum absolute atomic E-state index is 0.128. The van der Waals surface area contributed by atoms with E-state index in [0.717, 1.165) is 30.0 Å². The largest absolute Gasteiger partial charge is 0.491 e. The van der Waals surface area contributed by atoms with Gasteiger partial charge in [0.05, 0.1) is 18.7 Å². The molecule has 5 rings (SSSR count). The maximum Gasteiger partial charge on any atom is 0.261 e. The van der Waals surface area contributed by atoms with Gasteiger partial charge in [-0.1, -0.05) is 17.3 Å². The second-order valence-corrected chi connectivity index (χ2v) is 7.90. The third kappa shape index (κ3) is 4.98. The van der Waals surface area contributed by atoms with Crippen LogP contribution in [0.3, 0.4) is 0 Å². The zero-order valence-electron chi connectivity index (χ0n) is 18.2. The summed E-state index contributed by atoms with van der Waals surface area (Å²) in [6, 6.07) is 10.8. The second-order valence-electron chi connectivity index (χ2n) is 7.90. The third-order valence-corrected chi connectivity index (χ3v) is 5.34. The number of hydrogen-bond acceptors (Lipinski definition) is 8. The fourth-order valence-corrected chi connectivity index (χ4v) is 3.42. The van der Waals surface area contributed by atoms with Gasteiger partial charge in [-0.3, -0.25) is 4.79 Å². The van der Waals surface area contributed by atoms with Crippen molar-refractivity contribution in [3.05, 3.63) is 76.7 Å². The molecule has 33 heavy (non-hydrogen) atoms.